The summed E-state index contributed by atoms with van der Waals surface area (Å²) in [5, 5.41) is 3.55. The van der Waals surface area contributed by atoms with E-state index in [1.807, 2.05) is 6.92 Å². The van der Waals surface area contributed by atoms with Crippen molar-refractivity contribution in [1.29, 1.82) is 0 Å². The molecule has 1 aliphatic heterocycles. The van der Waals surface area contributed by atoms with Crippen LogP contribution in [0, 0.1) is 6.92 Å². The first-order valence-electron chi connectivity index (χ1n) is 6.59. The molecule has 18 heavy (non-hydrogen) atoms. The Morgan fingerprint density at radius 1 is 1.61 bits per heavy atom. The van der Waals surface area contributed by atoms with Crippen molar-refractivity contribution >= 4 is 5.95 Å². The molecule has 1 saturated heterocycles. The Labute approximate surface area is 109 Å². The van der Waals surface area contributed by atoms with Gasteiger partial charge in [0.25, 0.3) is 0 Å². The summed E-state index contributed by atoms with van der Waals surface area (Å²) >= 11 is 0. The van der Waals surface area contributed by atoms with E-state index in [0.717, 1.165) is 24.7 Å². The van der Waals surface area contributed by atoms with Gasteiger partial charge in [-0.25, -0.2) is 4.98 Å². The van der Waals surface area contributed by atoms with E-state index < -0.39 is 0 Å². The zero-order valence-corrected chi connectivity index (χ0v) is 11.8. The molecular formula is C13H24N4O. The normalized spacial score (nSPS) is 22.3. The molecule has 102 valence electrons. The molecule has 0 bridgehead atoms. The van der Waals surface area contributed by atoms with Gasteiger partial charge in [0.05, 0.1) is 18.3 Å². The molecule has 1 aliphatic rings. The number of ether oxygens (including phenoxy) is 1. The Balaban J connectivity index is 2.07. The summed E-state index contributed by atoms with van der Waals surface area (Å²) in [5.74, 6) is 0.970. The Morgan fingerprint density at radius 2 is 2.39 bits per heavy atom. The molecule has 2 rings (SSSR count). The summed E-state index contributed by atoms with van der Waals surface area (Å²) in [7, 11) is 3.90. The van der Waals surface area contributed by atoms with Crippen molar-refractivity contribution in [3.05, 3.63) is 11.9 Å². The minimum Gasteiger partial charge on any atom is -0.383 e. The van der Waals surface area contributed by atoms with Crippen molar-refractivity contribution in [1.82, 2.24) is 14.5 Å². The van der Waals surface area contributed by atoms with Crippen molar-refractivity contribution < 1.29 is 4.74 Å². The van der Waals surface area contributed by atoms with E-state index in [2.05, 4.69) is 39.9 Å². The third kappa shape index (κ3) is 3.03. The largest absolute Gasteiger partial charge is 0.383 e. The third-order valence-corrected chi connectivity index (χ3v) is 3.46. The SMILES string of the molecule is COCC(C)n1cc(C)nc1NC1CCN(C)C1. The molecule has 0 radical (unpaired) electrons. The fourth-order valence-electron chi connectivity index (χ4n) is 2.52. The number of nitrogens with zero attached hydrogens (tertiary/aromatic N) is 3. The number of likely N-dealkylation sites (N-methyl/N-ethyl adjacent to an activating group) is 1. The van der Waals surface area contributed by atoms with Gasteiger partial charge in [-0.05, 0) is 33.9 Å². The fraction of sp³-hybridized carbons (Fsp3) is 0.769. The Bertz CT molecular complexity index is 390. The monoisotopic (exact) mass is 252 g/mol. The van der Waals surface area contributed by atoms with Crippen LogP contribution in [0.3, 0.4) is 0 Å². The lowest BCUT2D eigenvalue weighted by Crippen LogP contribution is -2.26. The first-order valence-corrected chi connectivity index (χ1v) is 6.59. The van der Waals surface area contributed by atoms with Crippen molar-refractivity contribution in [3.8, 4) is 0 Å². The van der Waals surface area contributed by atoms with Crippen LogP contribution in [0.5, 0.6) is 0 Å². The fourth-order valence-corrected chi connectivity index (χ4v) is 2.52. The number of anilines is 1. The molecule has 2 unspecified atom stereocenters. The van der Waals surface area contributed by atoms with Crippen molar-refractivity contribution in [2.45, 2.75) is 32.4 Å². The first kappa shape index (κ1) is 13.4. The maximum absolute atomic E-state index is 5.22. The van der Waals surface area contributed by atoms with Crippen LogP contribution in [0.2, 0.25) is 0 Å². The zero-order chi connectivity index (χ0) is 13.1. The Morgan fingerprint density at radius 3 is 3.00 bits per heavy atom. The smallest absolute Gasteiger partial charge is 0.203 e. The van der Waals surface area contributed by atoms with Gasteiger partial charge in [0, 0.05) is 25.9 Å². The molecule has 1 N–H and O–H groups in total. The number of hydrogen-bond donors (Lipinski definition) is 1. The summed E-state index contributed by atoms with van der Waals surface area (Å²) in [4.78, 5) is 6.92. The Hall–Kier alpha value is -1.07. The van der Waals surface area contributed by atoms with E-state index in [-0.39, 0.29) is 0 Å². The lowest BCUT2D eigenvalue weighted by atomic mass is 10.3. The van der Waals surface area contributed by atoms with Gasteiger partial charge in [0.15, 0.2) is 0 Å². The minimum atomic E-state index is 0.304. The van der Waals surface area contributed by atoms with Crippen LogP contribution < -0.4 is 5.32 Å². The molecule has 5 nitrogen and oxygen atoms in total. The number of aromatic nitrogens is 2. The van der Waals surface area contributed by atoms with Gasteiger partial charge < -0.3 is 19.5 Å². The number of imidazole rings is 1. The maximum Gasteiger partial charge on any atom is 0.203 e. The van der Waals surface area contributed by atoms with Gasteiger partial charge in [-0.3, -0.25) is 0 Å². The second-order valence-electron chi connectivity index (χ2n) is 5.31. The van der Waals surface area contributed by atoms with Gasteiger partial charge in [0.1, 0.15) is 0 Å². The van der Waals surface area contributed by atoms with Crippen molar-refractivity contribution in [2.75, 3.05) is 39.2 Å². The Kier molecular flexibility index (Phi) is 4.24. The summed E-state index contributed by atoms with van der Waals surface area (Å²) in [6.07, 6.45) is 3.27. The van der Waals surface area contributed by atoms with Crippen molar-refractivity contribution in [3.63, 3.8) is 0 Å². The van der Waals surface area contributed by atoms with Gasteiger partial charge >= 0.3 is 0 Å². The van der Waals surface area contributed by atoms with Gasteiger partial charge in [-0.1, -0.05) is 0 Å². The highest BCUT2D eigenvalue weighted by Crippen LogP contribution is 2.19. The van der Waals surface area contributed by atoms with Crippen molar-refractivity contribution in [2.24, 2.45) is 0 Å². The van der Waals surface area contributed by atoms with E-state index in [4.69, 9.17) is 4.74 Å². The van der Waals surface area contributed by atoms with Gasteiger partial charge in [-0.15, -0.1) is 0 Å². The van der Waals surface area contributed by atoms with Crippen LogP contribution in [0.1, 0.15) is 25.1 Å². The molecule has 2 heterocycles. The first-order chi connectivity index (χ1) is 8.60. The van der Waals surface area contributed by atoms with Crippen LogP contribution in [0.15, 0.2) is 6.20 Å². The van der Waals surface area contributed by atoms with Crippen LogP contribution >= 0.6 is 0 Å². The van der Waals surface area contributed by atoms with E-state index in [1.165, 1.54) is 6.42 Å². The highest BCUT2D eigenvalue weighted by atomic mass is 16.5. The van der Waals surface area contributed by atoms with Crippen LogP contribution in [-0.4, -0.2) is 54.3 Å². The average molecular weight is 252 g/mol. The number of aryl methyl sites for hydroxylation is 1. The summed E-state index contributed by atoms with van der Waals surface area (Å²) in [6, 6.07) is 0.808. The topological polar surface area (TPSA) is 42.3 Å². The molecule has 1 aromatic rings. The molecule has 0 aromatic carbocycles. The number of hydrogen-bond acceptors (Lipinski definition) is 4. The average Bonchev–Trinajstić information content (AvgIpc) is 2.86. The second-order valence-corrected chi connectivity index (χ2v) is 5.31. The number of nitrogens with one attached hydrogen (secondary N) is 1. The lowest BCUT2D eigenvalue weighted by Gasteiger charge is -2.19. The van der Waals surface area contributed by atoms with Crippen LogP contribution in [0.4, 0.5) is 5.95 Å². The molecule has 5 heteroatoms. The molecule has 1 fully saturated rings. The van der Waals surface area contributed by atoms with Gasteiger partial charge in [0.2, 0.25) is 5.95 Å². The molecule has 0 amide bonds. The molecule has 1 aromatic heterocycles. The molecule has 2 atom stereocenters. The highest BCUT2D eigenvalue weighted by Gasteiger charge is 2.21. The second kappa shape index (κ2) is 5.71. The molecule has 0 saturated carbocycles. The van der Waals surface area contributed by atoms with Crippen LogP contribution in [0.25, 0.3) is 0 Å². The quantitative estimate of drug-likeness (QED) is 0.862. The third-order valence-electron chi connectivity index (χ3n) is 3.46. The molecule has 0 spiro atoms. The number of rotatable bonds is 5. The summed E-state index contributed by atoms with van der Waals surface area (Å²) in [5.41, 5.74) is 1.05. The molecular weight excluding hydrogens is 228 g/mol. The zero-order valence-electron chi connectivity index (χ0n) is 11.8. The van der Waals surface area contributed by atoms with E-state index in [1.54, 1.807) is 7.11 Å². The van der Waals surface area contributed by atoms with E-state index >= 15 is 0 Å². The standard InChI is InChI=1S/C13H24N4O/c1-10-7-17(11(2)9-18-4)13(14-10)15-12-5-6-16(3)8-12/h7,11-12H,5-6,8-9H2,1-4H3,(H,14,15). The lowest BCUT2D eigenvalue weighted by molar-refractivity contribution is 0.163. The van der Waals surface area contributed by atoms with E-state index in [9.17, 15) is 0 Å². The van der Waals surface area contributed by atoms with E-state index in [0.29, 0.717) is 18.7 Å². The summed E-state index contributed by atoms with van der Waals surface area (Å²) < 4.78 is 7.40. The molecule has 0 aliphatic carbocycles. The predicted octanol–water partition coefficient (Wildman–Crippen LogP) is 1.51. The minimum absolute atomic E-state index is 0.304. The maximum atomic E-state index is 5.22. The number of likely N-dealkylation sites (tertiary alicyclic amines) is 1. The predicted molar refractivity (Wildman–Crippen MR) is 73.1 cm³/mol. The summed E-state index contributed by atoms with van der Waals surface area (Å²) in [6.45, 7) is 7.13. The number of methoxy groups -OCH3 is 1. The van der Waals surface area contributed by atoms with Crippen LogP contribution in [-0.2, 0) is 4.74 Å². The highest BCUT2D eigenvalue weighted by molar-refractivity contribution is 5.31. The van der Waals surface area contributed by atoms with Gasteiger partial charge in [-0.2, -0.15) is 0 Å².